The number of carbonyl (C=O) groups excluding carboxylic acids is 1. The largest absolute Gasteiger partial charge is 0.422 e. The fourth-order valence-electron chi connectivity index (χ4n) is 1.58. The van der Waals surface area contributed by atoms with Crippen molar-refractivity contribution >= 4 is 75.6 Å². The van der Waals surface area contributed by atoms with E-state index in [9.17, 15) is 4.79 Å². The van der Waals surface area contributed by atoms with Gasteiger partial charge in [0.2, 0.25) is 0 Å². The summed E-state index contributed by atoms with van der Waals surface area (Å²) < 4.78 is 5.15. The molecule has 0 unspecified atom stereocenters. The van der Waals surface area contributed by atoms with Gasteiger partial charge >= 0.3 is 5.97 Å². The molecular formula is C14H6Cl6O2. The monoisotopic (exact) mass is 416 g/mol. The smallest absolute Gasteiger partial charge is 0.334 e. The molecule has 116 valence electrons. The fraction of sp³-hybridized carbons (Fsp3) is 0.0714. The lowest BCUT2D eigenvalue weighted by molar-refractivity contribution is -0.134. The summed E-state index contributed by atoms with van der Waals surface area (Å²) in [5.41, 5.74) is 0.563. The minimum atomic E-state index is -1.04. The fourth-order valence-corrected chi connectivity index (χ4v) is 2.97. The van der Waals surface area contributed by atoms with Crippen LogP contribution >= 0.6 is 69.6 Å². The molecule has 0 radical (unpaired) electrons. The van der Waals surface area contributed by atoms with Gasteiger partial charge in [0.05, 0.1) is 15.1 Å². The van der Waals surface area contributed by atoms with Gasteiger partial charge in [-0.1, -0.05) is 88.3 Å². The van der Waals surface area contributed by atoms with Crippen molar-refractivity contribution < 1.29 is 9.53 Å². The normalized spacial score (nSPS) is 12.1. The Hall–Kier alpha value is -0.350. The lowest BCUT2D eigenvalue weighted by atomic mass is 10.1. The summed E-state index contributed by atoms with van der Waals surface area (Å²) in [6.07, 6.45) is 0. The van der Waals surface area contributed by atoms with Gasteiger partial charge in [0, 0.05) is 0 Å². The zero-order valence-corrected chi connectivity index (χ0v) is 15.1. The van der Waals surface area contributed by atoms with Crippen LogP contribution in [0.25, 0.3) is 0 Å². The SMILES string of the molecule is O=C(Oc1c(Cl)c(Cl)c(Cl)c(Cl)c1Cl)[C@@H](Cl)c1ccccc1. The molecule has 1 atom stereocenters. The van der Waals surface area contributed by atoms with Gasteiger partial charge in [0.15, 0.2) is 11.1 Å². The van der Waals surface area contributed by atoms with Crippen LogP contribution in [0.3, 0.4) is 0 Å². The molecule has 0 amide bonds. The third-order valence-corrected chi connectivity index (χ3v) is 5.34. The van der Waals surface area contributed by atoms with E-state index in [0.29, 0.717) is 5.56 Å². The summed E-state index contributed by atoms with van der Waals surface area (Å²) in [6, 6.07) is 8.65. The van der Waals surface area contributed by atoms with Crippen molar-refractivity contribution in [1.82, 2.24) is 0 Å². The molecule has 0 aliphatic rings. The van der Waals surface area contributed by atoms with E-state index >= 15 is 0 Å². The van der Waals surface area contributed by atoms with E-state index in [2.05, 4.69) is 0 Å². The van der Waals surface area contributed by atoms with Crippen LogP contribution in [0.2, 0.25) is 25.1 Å². The Balaban J connectivity index is 2.34. The number of benzene rings is 2. The van der Waals surface area contributed by atoms with Crippen molar-refractivity contribution in [2.75, 3.05) is 0 Å². The Kier molecular flexibility index (Phi) is 6.12. The zero-order valence-electron chi connectivity index (χ0n) is 10.5. The molecule has 0 N–H and O–H groups in total. The van der Waals surface area contributed by atoms with Gasteiger partial charge in [-0.25, -0.2) is 4.79 Å². The van der Waals surface area contributed by atoms with Crippen LogP contribution in [0.5, 0.6) is 5.75 Å². The standard InChI is InChI=1S/C14H6Cl6O2/c15-7(6-4-2-1-3-5-6)14(21)22-13-11(19)9(17)8(16)10(18)12(13)20/h1-5,7H/t7-/m0/s1. The average molecular weight is 419 g/mol. The van der Waals surface area contributed by atoms with Gasteiger partial charge < -0.3 is 4.74 Å². The van der Waals surface area contributed by atoms with Gasteiger partial charge in [-0.05, 0) is 5.56 Å². The number of hydrogen-bond donors (Lipinski definition) is 0. The number of hydrogen-bond acceptors (Lipinski definition) is 2. The molecule has 0 saturated heterocycles. The first-order valence-corrected chi connectivity index (χ1v) is 8.09. The number of halogens is 6. The van der Waals surface area contributed by atoms with Crippen molar-refractivity contribution in [2.24, 2.45) is 0 Å². The molecule has 2 rings (SSSR count). The highest BCUT2D eigenvalue weighted by Crippen LogP contribution is 2.48. The minimum Gasteiger partial charge on any atom is -0.422 e. The van der Waals surface area contributed by atoms with Crippen LogP contribution in [0.1, 0.15) is 10.9 Å². The summed E-state index contributed by atoms with van der Waals surface area (Å²) in [5, 5.41) is -1.43. The van der Waals surface area contributed by atoms with Gasteiger partial charge in [-0.3, -0.25) is 0 Å². The third kappa shape index (κ3) is 3.59. The Morgan fingerprint density at radius 1 is 0.818 bits per heavy atom. The molecule has 0 bridgehead atoms. The summed E-state index contributed by atoms with van der Waals surface area (Å²) >= 11 is 35.7. The zero-order chi connectivity index (χ0) is 16.4. The van der Waals surface area contributed by atoms with E-state index in [4.69, 9.17) is 74.3 Å². The van der Waals surface area contributed by atoms with Crippen molar-refractivity contribution in [3.63, 3.8) is 0 Å². The van der Waals surface area contributed by atoms with Gasteiger partial charge in [-0.2, -0.15) is 0 Å². The van der Waals surface area contributed by atoms with Crippen LogP contribution in [0.15, 0.2) is 30.3 Å². The molecule has 0 aromatic heterocycles. The molecule has 2 aromatic rings. The molecule has 2 aromatic carbocycles. The van der Waals surface area contributed by atoms with Gasteiger partial charge in [0.1, 0.15) is 10.0 Å². The first-order chi connectivity index (χ1) is 10.3. The number of ether oxygens (including phenoxy) is 1. The second kappa shape index (κ2) is 7.48. The second-order valence-electron chi connectivity index (χ2n) is 4.09. The predicted molar refractivity (Wildman–Crippen MR) is 92.2 cm³/mol. The van der Waals surface area contributed by atoms with Crippen LogP contribution in [0, 0.1) is 0 Å². The average Bonchev–Trinajstić information content (AvgIpc) is 2.55. The van der Waals surface area contributed by atoms with Gasteiger partial charge in [0.25, 0.3) is 0 Å². The Morgan fingerprint density at radius 3 is 1.77 bits per heavy atom. The molecule has 0 fully saturated rings. The van der Waals surface area contributed by atoms with E-state index in [-0.39, 0.29) is 30.9 Å². The molecule has 0 aliphatic heterocycles. The Morgan fingerprint density at radius 2 is 1.27 bits per heavy atom. The maximum atomic E-state index is 12.1. The number of rotatable bonds is 3. The van der Waals surface area contributed by atoms with E-state index in [1.807, 2.05) is 0 Å². The molecule has 0 heterocycles. The third-order valence-electron chi connectivity index (χ3n) is 2.67. The summed E-state index contributed by atoms with van der Waals surface area (Å²) in [7, 11) is 0. The molecule has 22 heavy (non-hydrogen) atoms. The Labute approximate surface area is 156 Å². The van der Waals surface area contributed by atoms with E-state index < -0.39 is 11.3 Å². The van der Waals surface area contributed by atoms with Crippen LogP contribution < -0.4 is 4.74 Å². The maximum Gasteiger partial charge on any atom is 0.334 e. The van der Waals surface area contributed by atoms with Gasteiger partial charge in [-0.15, -0.1) is 11.6 Å². The highest BCUT2D eigenvalue weighted by atomic mass is 35.5. The summed E-state index contributed by atoms with van der Waals surface area (Å²) in [5.74, 6) is -0.958. The number of carbonyl (C=O) groups is 1. The van der Waals surface area contributed by atoms with E-state index in [1.165, 1.54) is 0 Å². The van der Waals surface area contributed by atoms with Crippen molar-refractivity contribution in [3.8, 4) is 5.75 Å². The maximum absolute atomic E-state index is 12.1. The molecule has 0 spiro atoms. The summed E-state index contributed by atoms with van der Waals surface area (Å²) in [4.78, 5) is 12.1. The molecule has 8 heteroatoms. The van der Waals surface area contributed by atoms with Crippen molar-refractivity contribution in [1.29, 1.82) is 0 Å². The highest BCUT2D eigenvalue weighted by molar-refractivity contribution is 6.55. The predicted octanol–water partition coefficient (Wildman–Crippen LogP) is 6.84. The molecule has 2 nitrogen and oxygen atoms in total. The molecule has 0 saturated carbocycles. The van der Waals surface area contributed by atoms with Crippen LogP contribution in [0.4, 0.5) is 0 Å². The lowest BCUT2D eigenvalue weighted by Crippen LogP contribution is -2.15. The Bertz CT molecular complexity index is 688. The topological polar surface area (TPSA) is 26.3 Å². The van der Waals surface area contributed by atoms with E-state index in [1.54, 1.807) is 30.3 Å². The lowest BCUT2D eigenvalue weighted by Gasteiger charge is -2.14. The van der Waals surface area contributed by atoms with E-state index in [0.717, 1.165) is 0 Å². The first-order valence-electron chi connectivity index (χ1n) is 5.76. The van der Waals surface area contributed by atoms with Crippen molar-refractivity contribution in [3.05, 3.63) is 61.0 Å². The van der Waals surface area contributed by atoms with Crippen molar-refractivity contribution in [2.45, 2.75) is 5.38 Å². The second-order valence-corrected chi connectivity index (χ2v) is 6.42. The first kappa shape index (κ1) is 18.0. The molecular weight excluding hydrogens is 413 g/mol. The number of alkyl halides is 1. The quantitative estimate of drug-likeness (QED) is 0.179. The minimum absolute atomic E-state index is 0.0244. The summed E-state index contributed by atoms with van der Waals surface area (Å²) in [6.45, 7) is 0. The number of esters is 1. The van der Waals surface area contributed by atoms with Crippen LogP contribution in [-0.4, -0.2) is 5.97 Å². The highest BCUT2D eigenvalue weighted by Gasteiger charge is 2.26. The van der Waals surface area contributed by atoms with Crippen LogP contribution in [-0.2, 0) is 4.79 Å². The molecule has 0 aliphatic carbocycles.